The maximum Gasteiger partial charge on any atom is 0.335 e. The maximum absolute atomic E-state index is 13.7. The van der Waals surface area contributed by atoms with Crippen LogP contribution < -0.4 is 4.31 Å². The summed E-state index contributed by atoms with van der Waals surface area (Å²) in [5.41, 5.74) is -0.356. The van der Waals surface area contributed by atoms with Gasteiger partial charge in [0.25, 0.3) is 0 Å². The van der Waals surface area contributed by atoms with Crippen molar-refractivity contribution in [2.75, 3.05) is 16.6 Å². The number of anilines is 1. The lowest BCUT2D eigenvalue weighted by Gasteiger charge is -2.22. The van der Waals surface area contributed by atoms with Crippen molar-refractivity contribution in [3.05, 3.63) is 29.6 Å². The minimum absolute atomic E-state index is 0.0828. The number of rotatable bonds is 5. The Kier molecular flexibility index (Phi) is 4.28. The second-order valence-electron chi connectivity index (χ2n) is 3.54. The van der Waals surface area contributed by atoms with Crippen LogP contribution in [0.25, 0.3) is 0 Å². The molecule has 0 saturated heterocycles. The van der Waals surface area contributed by atoms with Crippen molar-refractivity contribution in [3.8, 4) is 0 Å². The molecule has 18 heavy (non-hydrogen) atoms. The van der Waals surface area contributed by atoms with Gasteiger partial charge in [0, 0.05) is 6.54 Å². The SMILES string of the molecule is CCN(c1ccc(C(=O)O)cc1F)S(=O)(=O)CC. The van der Waals surface area contributed by atoms with E-state index in [1.165, 1.54) is 13.0 Å². The van der Waals surface area contributed by atoms with Gasteiger partial charge in [-0.1, -0.05) is 0 Å². The number of sulfonamides is 1. The molecule has 7 heteroatoms. The van der Waals surface area contributed by atoms with E-state index in [1.807, 2.05) is 0 Å². The molecule has 0 aliphatic heterocycles. The van der Waals surface area contributed by atoms with Crippen LogP contribution in [0.4, 0.5) is 10.1 Å². The lowest BCUT2D eigenvalue weighted by atomic mass is 10.2. The summed E-state index contributed by atoms with van der Waals surface area (Å²) in [5.74, 6) is -2.28. The first-order valence-electron chi connectivity index (χ1n) is 5.36. The van der Waals surface area contributed by atoms with Crippen molar-refractivity contribution in [3.63, 3.8) is 0 Å². The smallest absolute Gasteiger partial charge is 0.335 e. The molecule has 1 rings (SSSR count). The molecule has 0 unspecified atom stereocenters. The summed E-state index contributed by atoms with van der Waals surface area (Å²) in [6.45, 7) is 3.12. The minimum Gasteiger partial charge on any atom is -0.478 e. The number of nitrogens with zero attached hydrogens (tertiary/aromatic N) is 1. The third-order valence-corrected chi connectivity index (χ3v) is 4.31. The Balaban J connectivity index is 3.28. The third kappa shape index (κ3) is 2.79. The summed E-state index contributed by atoms with van der Waals surface area (Å²) in [6, 6.07) is 3.15. The van der Waals surface area contributed by atoms with Gasteiger partial charge in [-0.25, -0.2) is 17.6 Å². The van der Waals surface area contributed by atoms with Crippen LogP contribution in [0, 0.1) is 5.82 Å². The quantitative estimate of drug-likeness (QED) is 0.887. The van der Waals surface area contributed by atoms with Crippen LogP contribution in [0.15, 0.2) is 18.2 Å². The lowest BCUT2D eigenvalue weighted by Crippen LogP contribution is -2.32. The first-order chi connectivity index (χ1) is 8.33. The van der Waals surface area contributed by atoms with Gasteiger partial charge >= 0.3 is 5.97 Å². The predicted molar refractivity (Wildman–Crippen MR) is 65.8 cm³/mol. The highest BCUT2D eigenvalue weighted by molar-refractivity contribution is 7.92. The fraction of sp³-hybridized carbons (Fsp3) is 0.364. The average molecular weight is 275 g/mol. The Hall–Kier alpha value is -1.63. The molecule has 0 bridgehead atoms. The average Bonchev–Trinajstić information content (AvgIpc) is 2.31. The molecule has 0 fully saturated rings. The van der Waals surface area contributed by atoms with Crippen LogP contribution in [0.2, 0.25) is 0 Å². The summed E-state index contributed by atoms with van der Waals surface area (Å²) >= 11 is 0. The van der Waals surface area contributed by atoms with Crippen LogP contribution in [0.5, 0.6) is 0 Å². The number of carboxylic acid groups (broad SMARTS) is 1. The predicted octanol–water partition coefficient (Wildman–Crippen LogP) is 1.70. The van der Waals surface area contributed by atoms with Gasteiger partial charge in [-0.05, 0) is 32.0 Å². The Bertz CT molecular complexity index is 556. The molecule has 0 radical (unpaired) electrons. The van der Waals surface area contributed by atoms with Crippen LogP contribution in [0.1, 0.15) is 24.2 Å². The lowest BCUT2D eigenvalue weighted by molar-refractivity contribution is 0.0696. The normalized spacial score (nSPS) is 11.3. The fourth-order valence-corrected chi connectivity index (χ4v) is 2.67. The van der Waals surface area contributed by atoms with E-state index < -0.39 is 21.8 Å². The molecular weight excluding hydrogens is 261 g/mol. The van der Waals surface area contributed by atoms with E-state index >= 15 is 0 Å². The zero-order chi connectivity index (χ0) is 13.9. The summed E-state index contributed by atoms with van der Waals surface area (Å²) in [5, 5.41) is 8.70. The van der Waals surface area contributed by atoms with E-state index in [0.717, 1.165) is 16.4 Å². The van der Waals surface area contributed by atoms with Crippen LogP contribution in [-0.2, 0) is 10.0 Å². The van der Waals surface area contributed by atoms with Crippen molar-refractivity contribution < 1.29 is 22.7 Å². The van der Waals surface area contributed by atoms with Crippen LogP contribution in [0.3, 0.4) is 0 Å². The number of aromatic carboxylic acids is 1. The van der Waals surface area contributed by atoms with Gasteiger partial charge in [0.15, 0.2) is 0 Å². The van der Waals surface area contributed by atoms with E-state index in [-0.39, 0.29) is 23.5 Å². The number of benzene rings is 1. The number of halogens is 1. The molecule has 0 aromatic heterocycles. The molecule has 0 spiro atoms. The molecule has 0 heterocycles. The number of hydrogen-bond donors (Lipinski definition) is 1. The zero-order valence-electron chi connectivity index (χ0n) is 10.1. The van der Waals surface area contributed by atoms with Gasteiger partial charge in [0.2, 0.25) is 10.0 Å². The van der Waals surface area contributed by atoms with E-state index in [1.54, 1.807) is 6.92 Å². The Morgan fingerprint density at radius 1 is 1.39 bits per heavy atom. The molecule has 5 nitrogen and oxygen atoms in total. The fourth-order valence-electron chi connectivity index (χ4n) is 1.51. The monoisotopic (exact) mass is 275 g/mol. The minimum atomic E-state index is -3.57. The number of carboxylic acids is 1. The first-order valence-corrected chi connectivity index (χ1v) is 6.97. The van der Waals surface area contributed by atoms with Gasteiger partial charge in [-0.2, -0.15) is 0 Å². The molecular formula is C11H14FNO4S. The van der Waals surface area contributed by atoms with Gasteiger partial charge in [-0.3, -0.25) is 4.31 Å². The van der Waals surface area contributed by atoms with Crippen molar-refractivity contribution in [2.24, 2.45) is 0 Å². The standard InChI is InChI=1S/C11H14FNO4S/c1-3-13(18(16,17)4-2)10-6-5-8(11(14)15)7-9(10)12/h5-7H,3-4H2,1-2H3,(H,14,15). The van der Waals surface area contributed by atoms with E-state index in [2.05, 4.69) is 0 Å². The first kappa shape index (κ1) is 14.4. The summed E-state index contributed by atoms with van der Waals surface area (Å²) in [7, 11) is -3.57. The Morgan fingerprint density at radius 2 is 2.00 bits per heavy atom. The molecule has 0 saturated carbocycles. The van der Waals surface area contributed by atoms with Gasteiger partial charge < -0.3 is 5.11 Å². The van der Waals surface area contributed by atoms with Crippen molar-refractivity contribution in [1.82, 2.24) is 0 Å². The van der Waals surface area contributed by atoms with Crippen LogP contribution >= 0.6 is 0 Å². The van der Waals surface area contributed by atoms with E-state index in [9.17, 15) is 17.6 Å². The zero-order valence-corrected chi connectivity index (χ0v) is 10.9. The highest BCUT2D eigenvalue weighted by Crippen LogP contribution is 2.23. The van der Waals surface area contributed by atoms with Crippen LogP contribution in [-0.4, -0.2) is 31.8 Å². The molecule has 100 valence electrons. The summed E-state index contributed by atoms with van der Waals surface area (Å²) in [4.78, 5) is 10.7. The van der Waals surface area contributed by atoms with Gasteiger partial charge in [0.05, 0.1) is 17.0 Å². The molecule has 1 N–H and O–H groups in total. The number of hydrogen-bond acceptors (Lipinski definition) is 3. The van der Waals surface area contributed by atoms with Crippen molar-refractivity contribution >= 4 is 21.7 Å². The molecule has 0 amide bonds. The topological polar surface area (TPSA) is 74.7 Å². The highest BCUT2D eigenvalue weighted by Gasteiger charge is 2.22. The van der Waals surface area contributed by atoms with Gasteiger partial charge in [-0.15, -0.1) is 0 Å². The van der Waals surface area contributed by atoms with E-state index in [0.29, 0.717) is 0 Å². The summed E-state index contributed by atoms with van der Waals surface area (Å²) in [6.07, 6.45) is 0. The maximum atomic E-state index is 13.7. The third-order valence-electron chi connectivity index (χ3n) is 2.45. The van der Waals surface area contributed by atoms with Gasteiger partial charge in [0.1, 0.15) is 5.82 Å². The summed E-state index contributed by atoms with van der Waals surface area (Å²) < 4.78 is 38.2. The Morgan fingerprint density at radius 3 is 2.39 bits per heavy atom. The van der Waals surface area contributed by atoms with Crippen molar-refractivity contribution in [2.45, 2.75) is 13.8 Å². The largest absolute Gasteiger partial charge is 0.478 e. The molecule has 1 aromatic carbocycles. The molecule has 0 aliphatic carbocycles. The number of carbonyl (C=O) groups is 1. The molecule has 0 atom stereocenters. The second kappa shape index (κ2) is 5.34. The molecule has 0 aliphatic rings. The molecule has 1 aromatic rings. The highest BCUT2D eigenvalue weighted by atomic mass is 32.2. The second-order valence-corrected chi connectivity index (χ2v) is 5.72. The van der Waals surface area contributed by atoms with E-state index in [4.69, 9.17) is 5.11 Å². The Labute approximate surface area is 105 Å². The van der Waals surface area contributed by atoms with Crippen molar-refractivity contribution in [1.29, 1.82) is 0 Å².